The SMILES string of the molecule is COc1ccc2[nH]c(C(=O)n3nc(C)c4c3Oc3[nH]c(=S)[nH]c(=S)c3C4c3ccccc3)c(-c3ccccc3)c2c1. The summed E-state index contributed by atoms with van der Waals surface area (Å²) in [6.45, 7) is 1.87. The quantitative estimate of drug-likeness (QED) is 0.188. The third kappa shape index (κ3) is 4.02. The fourth-order valence-corrected chi connectivity index (χ4v) is 6.17. The first kappa shape index (κ1) is 25.2. The summed E-state index contributed by atoms with van der Waals surface area (Å²) in [7, 11) is 1.62. The highest BCUT2D eigenvalue weighted by atomic mass is 32.1. The summed E-state index contributed by atoms with van der Waals surface area (Å²) in [5.74, 6) is 0.706. The minimum atomic E-state index is -0.363. The Hall–Kier alpha value is -4.80. The zero-order valence-corrected chi connectivity index (χ0v) is 23.7. The van der Waals surface area contributed by atoms with Crippen molar-refractivity contribution in [1.29, 1.82) is 0 Å². The lowest BCUT2D eigenvalue weighted by Gasteiger charge is -2.26. The Morgan fingerprint density at radius 2 is 1.68 bits per heavy atom. The number of hydrogen-bond acceptors (Lipinski definition) is 6. The molecule has 8 nitrogen and oxygen atoms in total. The van der Waals surface area contributed by atoms with Gasteiger partial charge in [0.1, 0.15) is 16.1 Å². The van der Waals surface area contributed by atoms with Gasteiger partial charge in [0.2, 0.25) is 11.8 Å². The molecular formula is C31H23N5O3S2. The molecule has 1 atom stereocenters. The Morgan fingerprint density at radius 3 is 2.41 bits per heavy atom. The number of nitrogens with one attached hydrogen (secondary N) is 3. The van der Waals surface area contributed by atoms with Gasteiger partial charge in [-0.1, -0.05) is 72.9 Å². The Bertz CT molecular complexity index is 2090. The number of hydrogen-bond donors (Lipinski definition) is 3. The molecule has 1 aliphatic heterocycles. The summed E-state index contributed by atoms with van der Waals surface area (Å²) in [6.07, 6.45) is 0. The maximum absolute atomic E-state index is 14.4. The highest BCUT2D eigenvalue weighted by molar-refractivity contribution is 7.72. The van der Waals surface area contributed by atoms with E-state index < -0.39 is 0 Å². The Balaban J connectivity index is 1.47. The van der Waals surface area contributed by atoms with Crippen LogP contribution < -0.4 is 9.47 Å². The average Bonchev–Trinajstić information content (AvgIpc) is 3.53. The molecule has 0 spiro atoms. The highest BCUT2D eigenvalue weighted by Gasteiger charge is 2.38. The largest absolute Gasteiger partial charge is 0.497 e. The van der Waals surface area contributed by atoms with E-state index in [1.165, 1.54) is 4.68 Å². The third-order valence-electron chi connectivity index (χ3n) is 7.39. The second-order valence-corrected chi connectivity index (χ2v) is 10.6. The number of methoxy groups -OCH3 is 1. The van der Waals surface area contributed by atoms with Crippen molar-refractivity contribution in [3.8, 4) is 28.6 Å². The first-order valence-electron chi connectivity index (χ1n) is 12.9. The number of benzene rings is 3. The second kappa shape index (κ2) is 9.69. The van der Waals surface area contributed by atoms with Crippen molar-refractivity contribution in [3.63, 3.8) is 0 Å². The van der Waals surface area contributed by atoms with Crippen molar-refractivity contribution < 1.29 is 14.3 Å². The highest BCUT2D eigenvalue weighted by Crippen LogP contribution is 2.48. The summed E-state index contributed by atoms with van der Waals surface area (Å²) in [4.78, 5) is 23.9. The number of carbonyl (C=O) groups excluding carboxylic acids is 1. The molecule has 10 heteroatoms. The normalized spacial score (nSPS) is 13.9. The van der Waals surface area contributed by atoms with Gasteiger partial charge in [-0.3, -0.25) is 4.79 Å². The maximum atomic E-state index is 14.4. The van der Waals surface area contributed by atoms with E-state index >= 15 is 0 Å². The van der Waals surface area contributed by atoms with Gasteiger partial charge in [-0.15, -0.1) is 0 Å². The molecule has 41 heavy (non-hydrogen) atoms. The lowest BCUT2D eigenvalue weighted by molar-refractivity contribution is 0.0931. The molecule has 0 amide bonds. The molecule has 1 unspecified atom stereocenters. The van der Waals surface area contributed by atoms with Gasteiger partial charge in [-0.2, -0.15) is 9.78 Å². The van der Waals surface area contributed by atoms with Crippen LogP contribution >= 0.6 is 24.4 Å². The molecule has 3 N–H and O–H groups in total. The Labute approximate surface area is 244 Å². The number of H-pyrrole nitrogens is 3. The molecule has 202 valence electrons. The van der Waals surface area contributed by atoms with Gasteiger partial charge < -0.3 is 24.4 Å². The summed E-state index contributed by atoms with van der Waals surface area (Å²) < 4.78 is 14.0. The standard InChI is InChI=1S/C31H23N5O3S2/c1-16-22-24(18-11-7-4-8-12-18)25-27(33-31(41)34-28(25)40)39-30(22)36(35-16)29(37)26-23(17-9-5-3-6-10-17)20-15-19(38-2)13-14-21(20)32-26/h3-15,24,32H,1-2H3,(H2,33,34,40,41). The molecule has 1 aliphatic rings. The topological polar surface area (TPSA) is 101 Å². The number of ether oxygens (including phenoxy) is 2. The van der Waals surface area contributed by atoms with Crippen LogP contribution in [-0.4, -0.2) is 37.7 Å². The second-order valence-electron chi connectivity index (χ2n) is 9.77. The number of carbonyl (C=O) groups is 1. The molecule has 0 aliphatic carbocycles. The predicted molar refractivity (Wildman–Crippen MR) is 161 cm³/mol. The van der Waals surface area contributed by atoms with Crippen molar-refractivity contribution in [2.45, 2.75) is 12.8 Å². The van der Waals surface area contributed by atoms with Crippen LogP contribution in [0.3, 0.4) is 0 Å². The monoisotopic (exact) mass is 577 g/mol. The lowest BCUT2D eigenvalue weighted by atomic mass is 9.85. The van der Waals surface area contributed by atoms with Crippen molar-refractivity contribution in [2.24, 2.45) is 0 Å². The van der Waals surface area contributed by atoms with Crippen LogP contribution in [0.1, 0.15) is 38.8 Å². The zero-order chi connectivity index (χ0) is 28.2. The Morgan fingerprint density at radius 1 is 0.951 bits per heavy atom. The molecule has 3 aromatic heterocycles. The molecule has 0 fully saturated rings. The summed E-state index contributed by atoms with van der Waals surface area (Å²) in [5, 5.41) is 5.59. The minimum Gasteiger partial charge on any atom is -0.497 e. The van der Waals surface area contributed by atoms with Gasteiger partial charge in [0, 0.05) is 22.4 Å². The van der Waals surface area contributed by atoms with Gasteiger partial charge in [-0.05, 0) is 48.5 Å². The van der Waals surface area contributed by atoms with E-state index in [2.05, 4.69) is 15.0 Å². The van der Waals surface area contributed by atoms with Gasteiger partial charge in [0.05, 0.1) is 23.9 Å². The van der Waals surface area contributed by atoms with Gasteiger partial charge in [-0.25, -0.2) is 0 Å². The predicted octanol–water partition coefficient (Wildman–Crippen LogP) is 7.44. The molecule has 3 aromatic carbocycles. The van der Waals surface area contributed by atoms with E-state index in [1.807, 2.05) is 85.8 Å². The maximum Gasteiger partial charge on any atom is 0.298 e. The summed E-state index contributed by atoms with van der Waals surface area (Å²) in [6, 6.07) is 25.4. The fraction of sp³-hybridized carbons (Fsp3) is 0.0968. The van der Waals surface area contributed by atoms with Gasteiger partial charge >= 0.3 is 0 Å². The molecule has 4 heterocycles. The molecule has 0 saturated carbocycles. The van der Waals surface area contributed by atoms with Crippen LogP contribution in [-0.2, 0) is 0 Å². The smallest absolute Gasteiger partial charge is 0.298 e. The van der Waals surface area contributed by atoms with Crippen LogP contribution in [0.15, 0.2) is 78.9 Å². The van der Waals surface area contributed by atoms with Crippen molar-refractivity contribution in [1.82, 2.24) is 24.7 Å². The average molecular weight is 578 g/mol. The summed E-state index contributed by atoms with van der Waals surface area (Å²) in [5.41, 5.74) is 5.97. The van der Waals surface area contributed by atoms with E-state index in [0.717, 1.165) is 38.7 Å². The van der Waals surface area contributed by atoms with Crippen LogP contribution in [0.2, 0.25) is 0 Å². The third-order valence-corrected chi connectivity index (χ3v) is 7.92. The van der Waals surface area contributed by atoms with Crippen molar-refractivity contribution >= 4 is 41.2 Å². The molecular weight excluding hydrogens is 555 g/mol. The molecule has 0 bridgehead atoms. The number of fused-ring (bicyclic) bond motifs is 3. The molecule has 0 saturated heterocycles. The van der Waals surface area contributed by atoms with Crippen LogP contribution in [0.4, 0.5) is 0 Å². The fourth-order valence-electron chi connectivity index (χ4n) is 5.59. The van der Waals surface area contributed by atoms with E-state index in [9.17, 15) is 4.79 Å². The van der Waals surface area contributed by atoms with Crippen molar-refractivity contribution in [2.75, 3.05) is 7.11 Å². The van der Waals surface area contributed by atoms with Crippen LogP contribution in [0, 0.1) is 16.3 Å². The van der Waals surface area contributed by atoms with E-state index in [4.69, 9.17) is 39.0 Å². The number of aromatic nitrogens is 5. The molecule has 7 rings (SSSR count). The molecule has 0 radical (unpaired) electrons. The van der Waals surface area contributed by atoms with Crippen LogP contribution in [0.25, 0.3) is 22.0 Å². The number of aromatic amines is 3. The van der Waals surface area contributed by atoms with Crippen LogP contribution in [0.5, 0.6) is 17.5 Å². The first-order valence-corrected chi connectivity index (χ1v) is 13.7. The van der Waals surface area contributed by atoms with Gasteiger partial charge in [0.15, 0.2) is 4.77 Å². The number of aryl methyl sites for hydroxylation is 1. The summed E-state index contributed by atoms with van der Waals surface area (Å²) >= 11 is 11.1. The lowest BCUT2D eigenvalue weighted by Crippen LogP contribution is -2.20. The Kier molecular flexibility index (Phi) is 5.95. The first-order chi connectivity index (χ1) is 19.9. The van der Waals surface area contributed by atoms with Gasteiger partial charge in [0.25, 0.3) is 5.91 Å². The number of nitrogens with zero attached hydrogens (tertiary/aromatic N) is 2. The zero-order valence-electron chi connectivity index (χ0n) is 22.0. The van der Waals surface area contributed by atoms with E-state index in [0.29, 0.717) is 38.3 Å². The minimum absolute atomic E-state index is 0.315. The van der Waals surface area contributed by atoms with Crippen molar-refractivity contribution in [3.05, 3.63) is 116 Å². The van der Waals surface area contributed by atoms with E-state index in [1.54, 1.807) is 7.11 Å². The molecule has 6 aromatic rings. The number of rotatable bonds is 4. The van der Waals surface area contributed by atoms with E-state index in [-0.39, 0.29) is 11.8 Å².